The predicted octanol–water partition coefficient (Wildman–Crippen LogP) is -0.0236. The maximum Gasteiger partial charge on any atom is 0.303 e. The zero-order chi connectivity index (χ0) is 32.8. The first kappa shape index (κ1) is 35.9. The third-order valence-corrected chi connectivity index (χ3v) is 7.71. The molecule has 0 bridgehead atoms. The van der Waals surface area contributed by atoms with E-state index < -0.39 is 78.6 Å². The van der Waals surface area contributed by atoms with E-state index in [0.717, 1.165) is 5.56 Å². The molecule has 0 saturated carbocycles. The van der Waals surface area contributed by atoms with Gasteiger partial charge >= 0.3 is 11.9 Å². The number of carboxylic acids is 2. The van der Waals surface area contributed by atoms with Crippen molar-refractivity contribution in [1.29, 1.82) is 0 Å². The van der Waals surface area contributed by atoms with Crippen molar-refractivity contribution in [1.82, 2.24) is 20.9 Å². The number of aldehydes is 1. The molecule has 0 spiro atoms. The first-order valence-corrected chi connectivity index (χ1v) is 14.8. The highest BCUT2D eigenvalue weighted by molar-refractivity contribution is 5.95. The van der Waals surface area contributed by atoms with Crippen LogP contribution in [0.5, 0.6) is 0 Å². The summed E-state index contributed by atoms with van der Waals surface area (Å²) in [5.74, 6) is -5.73. The van der Waals surface area contributed by atoms with Gasteiger partial charge in [0.15, 0.2) is 0 Å². The van der Waals surface area contributed by atoms with Crippen LogP contribution < -0.4 is 21.7 Å². The van der Waals surface area contributed by atoms with Crippen LogP contribution in [0.15, 0.2) is 30.3 Å². The van der Waals surface area contributed by atoms with Gasteiger partial charge in [0.1, 0.15) is 24.4 Å². The van der Waals surface area contributed by atoms with E-state index in [1.165, 1.54) is 4.90 Å². The van der Waals surface area contributed by atoms with Crippen LogP contribution in [0.1, 0.15) is 64.4 Å². The smallest absolute Gasteiger partial charge is 0.303 e. The van der Waals surface area contributed by atoms with Gasteiger partial charge in [0, 0.05) is 19.4 Å². The molecule has 1 aliphatic heterocycles. The fourth-order valence-corrected chi connectivity index (χ4v) is 4.91. The molecule has 44 heavy (non-hydrogen) atoms. The van der Waals surface area contributed by atoms with Gasteiger partial charge in [-0.2, -0.15) is 0 Å². The molecule has 1 aliphatic rings. The molecule has 4 amide bonds. The van der Waals surface area contributed by atoms with Gasteiger partial charge in [-0.25, -0.2) is 0 Å². The van der Waals surface area contributed by atoms with Crippen LogP contribution >= 0.6 is 0 Å². The van der Waals surface area contributed by atoms with E-state index in [-0.39, 0.29) is 25.2 Å². The predicted molar refractivity (Wildman–Crippen MR) is 158 cm³/mol. The number of hydrogen-bond donors (Lipinski definition) is 6. The number of nitrogens with zero attached hydrogens (tertiary/aromatic N) is 1. The summed E-state index contributed by atoms with van der Waals surface area (Å²) in [4.78, 5) is 88.6. The Morgan fingerprint density at radius 3 is 2.00 bits per heavy atom. The molecule has 2 rings (SSSR count). The Morgan fingerprint density at radius 1 is 0.932 bits per heavy atom. The lowest BCUT2D eigenvalue weighted by Crippen LogP contribution is -2.59. The second kappa shape index (κ2) is 17.7. The van der Waals surface area contributed by atoms with Gasteiger partial charge in [-0.05, 0) is 43.6 Å². The molecule has 1 aromatic rings. The standard InChI is InChI=1S/C30H43N5O9/c1-3-18(2)26(30(44)35-15-7-10-20(35)17-36)34-29(43)23(12-14-25(39)40)33-28(42)22(11-13-24(37)38)32-27(41)21(31)16-19-8-5-4-6-9-19/h4-6,8-9,17-18,20-23,26H,3,7,10-16,31H2,1-2H3,(H,32,41)(H,33,42)(H,34,43)(H,37,38)(H,39,40)/t18-,20-,21-,22-,23-,26-/m0/s1. The van der Waals surface area contributed by atoms with Gasteiger partial charge in [-0.15, -0.1) is 0 Å². The highest BCUT2D eigenvalue weighted by Gasteiger charge is 2.37. The molecule has 14 heteroatoms. The fourth-order valence-electron chi connectivity index (χ4n) is 4.91. The average molecular weight is 618 g/mol. The lowest BCUT2D eigenvalue weighted by molar-refractivity contribution is -0.141. The van der Waals surface area contributed by atoms with Crippen LogP contribution in [0.2, 0.25) is 0 Å². The number of benzene rings is 1. The zero-order valence-corrected chi connectivity index (χ0v) is 25.1. The fraction of sp³-hybridized carbons (Fsp3) is 0.567. The van der Waals surface area contributed by atoms with E-state index in [2.05, 4.69) is 16.0 Å². The molecule has 0 aromatic heterocycles. The molecular weight excluding hydrogens is 574 g/mol. The van der Waals surface area contributed by atoms with E-state index in [1.807, 2.05) is 6.92 Å². The van der Waals surface area contributed by atoms with Gasteiger partial charge in [0.2, 0.25) is 23.6 Å². The minimum Gasteiger partial charge on any atom is -0.481 e. The van der Waals surface area contributed by atoms with Crippen LogP contribution in [0.25, 0.3) is 0 Å². The van der Waals surface area contributed by atoms with Crippen LogP contribution in [0, 0.1) is 5.92 Å². The Balaban J connectivity index is 2.23. The molecule has 242 valence electrons. The Hall–Kier alpha value is -4.33. The summed E-state index contributed by atoms with van der Waals surface area (Å²) in [5, 5.41) is 26.0. The first-order chi connectivity index (χ1) is 20.9. The zero-order valence-electron chi connectivity index (χ0n) is 25.1. The number of aliphatic carboxylic acids is 2. The molecule has 14 nitrogen and oxygen atoms in total. The number of carboxylic acid groups (broad SMARTS) is 2. The van der Waals surface area contributed by atoms with Crippen molar-refractivity contribution in [3.8, 4) is 0 Å². The van der Waals surface area contributed by atoms with E-state index in [9.17, 15) is 43.8 Å². The number of carbonyl (C=O) groups is 7. The molecular formula is C30H43N5O9. The number of nitrogens with one attached hydrogen (secondary N) is 3. The lowest BCUT2D eigenvalue weighted by atomic mass is 9.96. The third kappa shape index (κ3) is 11.1. The van der Waals surface area contributed by atoms with Crippen molar-refractivity contribution in [2.75, 3.05) is 6.54 Å². The number of amides is 4. The van der Waals surface area contributed by atoms with Crippen molar-refractivity contribution in [3.05, 3.63) is 35.9 Å². The molecule has 1 aromatic carbocycles. The summed E-state index contributed by atoms with van der Waals surface area (Å²) >= 11 is 0. The summed E-state index contributed by atoms with van der Waals surface area (Å²) in [7, 11) is 0. The highest BCUT2D eigenvalue weighted by atomic mass is 16.4. The normalized spacial score (nSPS) is 17.8. The van der Waals surface area contributed by atoms with Crippen molar-refractivity contribution in [3.63, 3.8) is 0 Å². The Bertz CT molecular complexity index is 1180. The Morgan fingerprint density at radius 2 is 1.48 bits per heavy atom. The average Bonchev–Trinajstić information content (AvgIpc) is 3.48. The SMILES string of the molecule is CC[C@H](C)[C@H](NC(=O)[C@H](CCC(=O)O)NC(=O)[C@H](CCC(=O)O)NC(=O)[C@@H](N)Cc1ccccc1)C(=O)N1CCC[C@H]1C=O. The van der Waals surface area contributed by atoms with E-state index in [0.29, 0.717) is 32.1 Å². The summed E-state index contributed by atoms with van der Waals surface area (Å²) in [6, 6.07) is 3.34. The van der Waals surface area contributed by atoms with Crippen LogP contribution in [-0.2, 0) is 40.0 Å². The van der Waals surface area contributed by atoms with Crippen LogP contribution in [-0.4, -0.2) is 93.7 Å². The van der Waals surface area contributed by atoms with Crippen molar-refractivity contribution in [2.45, 2.75) is 95.4 Å². The van der Waals surface area contributed by atoms with Crippen LogP contribution in [0.4, 0.5) is 0 Å². The van der Waals surface area contributed by atoms with Gasteiger partial charge in [0.05, 0.1) is 12.1 Å². The molecule has 1 fully saturated rings. The molecule has 7 N–H and O–H groups in total. The maximum absolute atomic E-state index is 13.5. The first-order valence-electron chi connectivity index (χ1n) is 14.8. The van der Waals surface area contributed by atoms with E-state index in [1.54, 1.807) is 37.3 Å². The minimum atomic E-state index is -1.43. The van der Waals surface area contributed by atoms with Gasteiger partial charge in [0.25, 0.3) is 0 Å². The summed E-state index contributed by atoms with van der Waals surface area (Å²) in [6.45, 7) is 3.91. The Labute approximate surface area is 256 Å². The van der Waals surface area contributed by atoms with Gasteiger partial charge in [-0.1, -0.05) is 50.6 Å². The molecule has 6 atom stereocenters. The van der Waals surface area contributed by atoms with E-state index >= 15 is 0 Å². The number of hydrogen-bond acceptors (Lipinski definition) is 8. The molecule has 1 saturated heterocycles. The molecule has 1 heterocycles. The Kier molecular flexibility index (Phi) is 14.4. The lowest BCUT2D eigenvalue weighted by Gasteiger charge is -2.31. The van der Waals surface area contributed by atoms with Gasteiger partial charge in [-0.3, -0.25) is 28.8 Å². The maximum atomic E-state index is 13.5. The second-order valence-electron chi connectivity index (χ2n) is 11.0. The number of nitrogens with two attached hydrogens (primary N) is 1. The van der Waals surface area contributed by atoms with Crippen molar-refractivity contribution < 1.29 is 43.8 Å². The largest absolute Gasteiger partial charge is 0.481 e. The quantitative estimate of drug-likeness (QED) is 0.121. The minimum absolute atomic E-state index is 0.149. The second-order valence-corrected chi connectivity index (χ2v) is 11.0. The van der Waals surface area contributed by atoms with Crippen LogP contribution in [0.3, 0.4) is 0 Å². The summed E-state index contributed by atoms with van der Waals surface area (Å²) in [5.41, 5.74) is 6.80. The molecule has 0 aliphatic carbocycles. The topological polar surface area (TPSA) is 225 Å². The number of rotatable bonds is 18. The number of likely N-dealkylation sites (tertiary alicyclic amines) is 1. The molecule has 0 unspecified atom stereocenters. The molecule has 0 radical (unpaired) electrons. The van der Waals surface area contributed by atoms with E-state index in [4.69, 9.17) is 5.73 Å². The van der Waals surface area contributed by atoms with Gasteiger partial charge < -0.3 is 41.6 Å². The highest BCUT2D eigenvalue weighted by Crippen LogP contribution is 2.20. The third-order valence-electron chi connectivity index (χ3n) is 7.71. The van der Waals surface area contributed by atoms with Crippen molar-refractivity contribution in [2.24, 2.45) is 11.7 Å². The monoisotopic (exact) mass is 617 g/mol. The summed E-state index contributed by atoms with van der Waals surface area (Å²) in [6.07, 6.45) is 0.804. The van der Waals surface area contributed by atoms with Crippen molar-refractivity contribution >= 4 is 41.9 Å². The number of carbonyl (C=O) groups excluding carboxylic acids is 5. The summed E-state index contributed by atoms with van der Waals surface area (Å²) < 4.78 is 0.